The molecular formula is C13H21N3S. The Bertz CT molecular complexity index is 380. The highest BCUT2D eigenvalue weighted by Crippen LogP contribution is 2.31. The van der Waals surface area contributed by atoms with Gasteiger partial charge in [0.2, 0.25) is 0 Å². The molecule has 0 saturated heterocycles. The lowest BCUT2D eigenvalue weighted by molar-refractivity contribution is 0.216. The average Bonchev–Trinajstić information content (AvgIpc) is 2.73. The van der Waals surface area contributed by atoms with Crippen molar-refractivity contribution in [2.75, 3.05) is 13.6 Å². The van der Waals surface area contributed by atoms with Gasteiger partial charge in [0.25, 0.3) is 0 Å². The van der Waals surface area contributed by atoms with Crippen molar-refractivity contribution in [3.8, 4) is 6.07 Å². The third kappa shape index (κ3) is 3.53. The van der Waals surface area contributed by atoms with Crippen LogP contribution in [0.2, 0.25) is 0 Å². The first-order chi connectivity index (χ1) is 8.11. The van der Waals surface area contributed by atoms with Crippen LogP contribution in [0.4, 0.5) is 0 Å². The van der Waals surface area contributed by atoms with Gasteiger partial charge >= 0.3 is 0 Å². The number of likely N-dealkylation sites (N-methyl/N-ethyl adjacent to an activating group) is 1. The molecular weight excluding hydrogens is 230 g/mol. The number of aryl methyl sites for hydroxylation is 1. The smallest absolute Gasteiger partial charge is 0.0635 e. The molecule has 1 aromatic rings. The Morgan fingerprint density at radius 3 is 2.76 bits per heavy atom. The molecule has 0 aliphatic rings. The summed E-state index contributed by atoms with van der Waals surface area (Å²) in [4.78, 5) is 3.54. The molecule has 0 bridgehead atoms. The van der Waals surface area contributed by atoms with Crippen LogP contribution >= 0.6 is 11.3 Å². The molecule has 4 heteroatoms. The SMILES string of the molecule is CCC(N)C(c1sccc1C)N(C)CCC#N. The molecule has 0 amide bonds. The Morgan fingerprint density at radius 1 is 1.59 bits per heavy atom. The molecule has 0 aromatic carbocycles. The predicted molar refractivity (Wildman–Crippen MR) is 72.9 cm³/mol. The van der Waals surface area contributed by atoms with E-state index in [0.717, 1.165) is 13.0 Å². The van der Waals surface area contributed by atoms with Crippen LogP contribution in [0.15, 0.2) is 11.4 Å². The van der Waals surface area contributed by atoms with Crippen LogP contribution in [0.1, 0.15) is 36.2 Å². The number of hydrogen-bond donors (Lipinski definition) is 1. The van der Waals surface area contributed by atoms with E-state index in [1.807, 2.05) is 0 Å². The van der Waals surface area contributed by atoms with Gasteiger partial charge in [0.15, 0.2) is 0 Å². The Kier molecular flexibility index (Phi) is 5.63. The summed E-state index contributed by atoms with van der Waals surface area (Å²) in [6, 6.07) is 4.67. The molecule has 0 spiro atoms. The van der Waals surface area contributed by atoms with Gasteiger partial charge in [0, 0.05) is 23.9 Å². The van der Waals surface area contributed by atoms with Crippen LogP contribution in [0, 0.1) is 18.3 Å². The second-order valence-electron chi connectivity index (χ2n) is 4.37. The molecule has 1 aromatic heterocycles. The highest BCUT2D eigenvalue weighted by molar-refractivity contribution is 7.10. The molecule has 17 heavy (non-hydrogen) atoms. The summed E-state index contributed by atoms with van der Waals surface area (Å²) in [6.07, 6.45) is 1.49. The zero-order valence-corrected chi connectivity index (χ0v) is 11.6. The van der Waals surface area contributed by atoms with Crippen molar-refractivity contribution in [1.82, 2.24) is 4.90 Å². The van der Waals surface area contributed by atoms with Crippen molar-refractivity contribution in [2.45, 2.75) is 38.8 Å². The molecule has 0 saturated carbocycles. The molecule has 2 atom stereocenters. The van der Waals surface area contributed by atoms with Crippen LogP contribution in [-0.2, 0) is 0 Å². The summed E-state index contributed by atoms with van der Waals surface area (Å²) >= 11 is 1.76. The third-order valence-electron chi connectivity index (χ3n) is 3.10. The van der Waals surface area contributed by atoms with Gasteiger partial charge in [-0.2, -0.15) is 5.26 Å². The van der Waals surface area contributed by atoms with Gasteiger partial charge < -0.3 is 5.73 Å². The monoisotopic (exact) mass is 251 g/mol. The standard InChI is InChI=1S/C13H21N3S/c1-4-11(15)12(16(3)8-5-7-14)13-10(2)6-9-17-13/h6,9,11-12H,4-5,8,15H2,1-3H3. The first kappa shape index (κ1) is 14.2. The van der Waals surface area contributed by atoms with Crippen molar-refractivity contribution in [2.24, 2.45) is 5.73 Å². The van der Waals surface area contributed by atoms with Crippen LogP contribution in [0.3, 0.4) is 0 Å². The van der Waals surface area contributed by atoms with Crippen molar-refractivity contribution in [3.63, 3.8) is 0 Å². The Labute approximate surface area is 108 Å². The van der Waals surface area contributed by atoms with E-state index in [2.05, 4.69) is 43.3 Å². The van der Waals surface area contributed by atoms with Gasteiger partial charge in [-0.05, 0) is 37.4 Å². The lowest BCUT2D eigenvalue weighted by Crippen LogP contribution is -2.39. The summed E-state index contributed by atoms with van der Waals surface area (Å²) < 4.78 is 0. The Hall–Kier alpha value is -0.890. The van der Waals surface area contributed by atoms with Crippen molar-refractivity contribution < 1.29 is 0 Å². The summed E-state index contributed by atoms with van der Waals surface area (Å²) in [5.41, 5.74) is 7.53. The van der Waals surface area contributed by atoms with Gasteiger partial charge in [0.05, 0.1) is 12.1 Å². The van der Waals surface area contributed by atoms with Crippen LogP contribution < -0.4 is 5.73 Å². The van der Waals surface area contributed by atoms with E-state index in [4.69, 9.17) is 11.0 Å². The minimum Gasteiger partial charge on any atom is -0.326 e. The van der Waals surface area contributed by atoms with E-state index < -0.39 is 0 Å². The molecule has 0 fully saturated rings. The van der Waals surface area contributed by atoms with E-state index >= 15 is 0 Å². The lowest BCUT2D eigenvalue weighted by atomic mass is 10.0. The average molecular weight is 251 g/mol. The molecule has 94 valence electrons. The first-order valence-electron chi connectivity index (χ1n) is 5.98. The Morgan fingerprint density at radius 2 is 2.29 bits per heavy atom. The maximum atomic E-state index is 8.67. The van der Waals surface area contributed by atoms with E-state index in [1.54, 1.807) is 11.3 Å². The molecule has 0 aliphatic heterocycles. The quantitative estimate of drug-likeness (QED) is 0.845. The summed E-state index contributed by atoms with van der Waals surface area (Å²) in [5.74, 6) is 0. The zero-order chi connectivity index (χ0) is 12.8. The molecule has 2 N–H and O–H groups in total. The highest BCUT2D eigenvalue weighted by atomic mass is 32.1. The minimum absolute atomic E-state index is 0.121. The fraction of sp³-hybridized carbons (Fsp3) is 0.615. The first-order valence-corrected chi connectivity index (χ1v) is 6.86. The number of rotatable bonds is 6. The number of hydrogen-bond acceptors (Lipinski definition) is 4. The maximum absolute atomic E-state index is 8.67. The molecule has 2 unspecified atom stereocenters. The Balaban J connectivity index is 2.89. The van der Waals surface area contributed by atoms with Gasteiger partial charge in [-0.15, -0.1) is 11.3 Å². The second kappa shape index (κ2) is 6.75. The topological polar surface area (TPSA) is 53.0 Å². The number of nitrogens with two attached hydrogens (primary N) is 1. The molecule has 3 nitrogen and oxygen atoms in total. The van der Waals surface area contributed by atoms with E-state index in [9.17, 15) is 0 Å². The number of thiophene rings is 1. The predicted octanol–water partition coefficient (Wildman–Crippen LogP) is 2.68. The lowest BCUT2D eigenvalue weighted by Gasteiger charge is -2.31. The van der Waals surface area contributed by atoms with E-state index in [0.29, 0.717) is 6.42 Å². The zero-order valence-electron chi connectivity index (χ0n) is 10.8. The molecule has 0 radical (unpaired) electrons. The van der Waals surface area contributed by atoms with Crippen molar-refractivity contribution in [1.29, 1.82) is 5.26 Å². The van der Waals surface area contributed by atoms with E-state index in [1.165, 1.54) is 10.4 Å². The minimum atomic E-state index is 0.121. The second-order valence-corrected chi connectivity index (χ2v) is 5.32. The van der Waals surface area contributed by atoms with E-state index in [-0.39, 0.29) is 12.1 Å². The highest BCUT2D eigenvalue weighted by Gasteiger charge is 2.25. The van der Waals surface area contributed by atoms with Crippen LogP contribution in [0.25, 0.3) is 0 Å². The number of nitriles is 1. The largest absolute Gasteiger partial charge is 0.326 e. The maximum Gasteiger partial charge on any atom is 0.0635 e. The number of nitrogens with zero attached hydrogens (tertiary/aromatic N) is 2. The fourth-order valence-corrected chi connectivity index (χ4v) is 3.16. The molecule has 1 rings (SSSR count). The fourth-order valence-electron chi connectivity index (χ4n) is 2.00. The van der Waals surface area contributed by atoms with Crippen molar-refractivity contribution in [3.05, 3.63) is 21.9 Å². The van der Waals surface area contributed by atoms with Gasteiger partial charge in [-0.3, -0.25) is 4.90 Å². The van der Waals surface area contributed by atoms with Gasteiger partial charge in [-0.1, -0.05) is 6.92 Å². The summed E-state index contributed by atoms with van der Waals surface area (Å²) in [7, 11) is 2.05. The van der Waals surface area contributed by atoms with Crippen LogP contribution in [0.5, 0.6) is 0 Å². The third-order valence-corrected chi connectivity index (χ3v) is 4.19. The summed E-state index contributed by atoms with van der Waals surface area (Å²) in [6.45, 7) is 5.00. The van der Waals surface area contributed by atoms with Crippen molar-refractivity contribution >= 4 is 11.3 Å². The molecule has 1 heterocycles. The van der Waals surface area contributed by atoms with Gasteiger partial charge in [0.1, 0.15) is 0 Å². The summed E-state index contributed by atoms with van der Waals surface area (Å²) in [5, 5.41) is 10.8. The van der Waals surface area contributed by atoms with Crippen LogP contribution in [-0.4, -0.2) is 24.5 Å². The molecule has 0 aliphatic carbocycles. The normalized spacial score (nSPS) is 14.6. The van der Waals surface area contributed by atoms with Gasteiger partial charge in [-0.25, -0.2) is 0 Å².